The SMILES string of the molecule is CCc1nn(C)c(CN2CCN(CC(=O)O)CC2)c1Br. The van der Waals surface area contributed by atoms with Gasteiger partial charge in [-0.2, -0.15) is 5.10 Å². The molecule has 2 heterocycles. The van der Waals surface area contributed by atoms with Crippen molar-refractivity contribution in [3.05, 3.63) is 15.9 Å². The third-order valence-electron chi connectivity index (χ3n) is 3.70. The molecule has 1 aliphatic heterocycles. The highest BCUT2D eigenvalue weighted by atomic mass is 79.9. The van der Waals surface area contributed by atoms with E-state index in [2.05, 4.69) is 32.9 Å². The molecular formula is C13H21BrN4O2. The van der Waals surface area contributed by atoms with E-state index in [9.17, 15) is 4.79 Å². The molecule has 1 fully saturated rings. The van der Waals surface area contributed by atoms with E-state index in [-0.39, 0.29) is 6.54 Å². The number of hydrogen-bond donors (Lipinski definition) is 1. The Labute approximate surface area is 127 Å². The number of rotatable bonds is 5. The fraction of sp³-hybridized carbons (Fsp3) is 0.692. The van der Waals surface area contributed by atoms with Crippen LogP contribution in [0.3, 0.4) is 0 Å². The average Bonchev–Trinajstić information content (AvgIpc) is 2.67. The zero-order valence-electron chi connectivity index (χ0n) is 12.0. The van der Waals surface area contributed by atoms with E-state index in [1.54, 1.807) is 0 Å². The minimum Gasteiger partial charge on any atom is -0.480 e. The Morgan fingerprint density at radius 2 is 1.90 bits per heavy atom. The van der Waals surface area contributed by atoms with Gasteiger partial charge >= 0.3 is 5.97 Å². The summed E-state index contributed by atoms with van der Waals surface area (Å²) in [5.41, 5.74) is 2.28. The number of halogens is 1. The Balaban J connectivity index is 1.93. The van der Waals surface area contributed by atoms with Crippen LogP contribution in [0, 0.1) is 0 Å². The normalized spacial score (nSPS) is 17.6. The third kappa shape index (κ3) is 3.59. The lowest BCUT2D eigenvalue weighted by molar-refractivity contribution is -0.138. The molecular weight excluding hydrogens is 324 g/mol. The van der Waals surface area contributed by atoms with Crippen LogP contribution in [0.4, 0.5) is 0 Å². The van der Waals surface area contributed by atoms with Gasteiger partial charge in [0.05, 0.1) is 22.4 Å². The van der Waals surface area contributed by atoms with Gasteiger partial charge < -0.3 is 5.11 Å². The Morgan fingerprint density at radius 3 is 2.40 bits per heavy atom. The zero-order valence-corrected chi connectivity index (χ0v) is 13.6. The Hall–Kier alpha value is -0.920. The van der Waals surface area contributed by atoms with Crippen LogP contribution in [0.2, 0.25) is 0 Å². The minimum atomic E-state index is -0.750. The number of carboxylic acid groups (broad SMARTS) is 1. The minimum absolute atomic E-state index is 0.142. The first-order valence-electron chi connectivity index (χ1n) is 6.88. The molecule has 0 unspecified atom stereocenters. The number of aryl methyl sites for hydroxylation is 2. The molecule has 1 aliphatic rings. The quantitative estimate of drug-likeness (QED) is 0.861. The summed E-state index contributed by atoms with van der Waals surface area (Å²) in [4.78, 5) is 15.0. The molecule has 1 saturated heterocycles. The van der Waals surface area contributed by atoms with Gasteiger partial charge in [-0.15, -0.1) is 0 Å². The second-order valence-electron chi connectivity index (χ2n) is 5.13. The van der Waals surface area contributed by atoms with Crippen LogP contribution < -0.4 is 0 Å². The van der Waals surface area contributed by atoms with Crippen LogP contribution in [-0.2, 0) is 24.8 Å². The first kappa shape index (κ1) is 15.5. The highest BCUT2D eigenvalue weighted by molar-refractivity contribution is 9.10. The predicted molar refractivity (Wildman–Crippen MR) is 79.6 cm³/mol. The number of aliphatic carboxylic acids is 1. The molecule has 1 N–H and O–H groups in total. The largest absolute Gasteiger partial charge is 0.480 e. The molecule has 0 saturated carbocycles. The van der Waals surface area contributed by atoms with Crippen LogP contribution in [0.1, 0.15) is 18.3 Å². The lowest BCUT2D eigenvalue weighted by Gasteiger charge is -2.33. The van der Waals surface area contributed by atoms with Crippen LogP contribution >= 0.6 is 15.9 Å². The highest BCUT2D eigenvalue weighted by Crippen LogP contribution is 2.23. The lowest BCUT2D eigenvalue weighted by Crippen LogP contribution is -2.47. The first-order valence-corrected chi connectivity index (χ1v) is 7.67. The van der Waals surface area contributed by atoms with Crippen molar-refractivity contribution < 1.29 is 9.90 Å². The van der Waals surface area contributed by atoms with E-state index < -0.39 is 5.97 Å². The molecule has 0 atom stereocenters. The number of carbonyl (C=O) groups is 1. The Kier molecular flexibility index (Phi) is 5.17. The van der Waals surface area contributed by atoms with Crippen molar-refractivity contribution in [1.29, 1.82) is 0 Å². The molecule has 2 rings (SSSR count). The van der Waals surface area contributed by atoms with Crippen LogP contribution in [0.25, 0.3) is 0 Å². The van der Waals surface area contributed by atoms with E-state index in [0.717, 1.165) is 49.3 Å². The van der Waals surface area contributed by atoms with Crippen molar-refractivity contribution >= 4 is 21.9 Å². The van der Waals surface area contributed by atoms with Crippen molar-refractivity contribution in [3.63, 3.8) is 0 Å². The average molecular weight is 345 g/mol. The summed E-state index contributed by atoms with van der Waals surface area (Å²) in [5, 5.41) is 13.3. The summed E-state index contributed by atoms with van der Waals surface area (Å²) in [6.45, 7) is 6.50. The summed E-state index contributed by atoms with van der Waals surface area (Å²) in [5.74, 6) is -0.750. The maximum Gasteiger partial charge on any atom is 0.317 e. The molecule has 0 bridgehead atoms. The first-order chi connectivity index (χ1) is 9.51. The number of aromatic nitrogens is 2. The fourth-order valence-corrected chi connectivity index (χ4v) is 3.24. The molecule has 0 aliphatic carbocycles. The number of nitrogens with zero attached hydrogens (tertiary/aromatic N) is 4. The topological polar surface area (TPSA) is 61.6 Å². The number of piperazine rings is 1. The van der Waals surface area contributed by atoms with Gasteiger partial charge in [0.15, 0.2) is 0 Å². The van der Waals surface area contributed by atoms with Crippen molar-refractivity contribution in [3.8, 4) is 0 Å². The van der Waals surface area contributed by atoms with Crippen molar-refractivity contribution in [2.75, 3.05) is 32.7 Å². The molecule has 1 aromatic heterocycles. The molecule has 0 radical (unpaired) electrons. The van der Waals surface area contributed by atoms with Gasteiger partial charge in [0.2, 0.25) is 0 Å². The number of hydrogen-bond acceptors (Lipinski definition) is 4. The standard InChI is InChI=1S/C13H21BrN4O2/c1-3-10-13(14)11(16(2)15-10)8-17-4-6-18(7-5-17)9-12(19)20/h3-9H2,1-2H3,(H,19,20). The number of carboxylic acids is 1. The van der Waals surface area contributed by atoms with Gasteiger partial charge in [0.1, 0.15) is 0 Å². The Morgan fingerprint density at radius 1 is 1.30 bits per heavy atom. The molecule has 0 spiro atoms. The van der Waals surface area contributed by atoms with Crippen molar-refractivity contribution in [2.45, 2.75) is 19.9 Å². The summed E-state index contributed by atoms with van der Waals surface area (Å²) >= 11 is 3.64. The van der Waals surface area contributed by atoms with E-state index in [4.69, 9.17) is 5.11 Å². The van der Waals surface area contributed by atoms with Crippen molar-refractivity contribution in [1.82, 2.24) is 19.6 Å². The second-order valence-corrected chi connectivity index (χ2v) is 5.92. The fourth-order valence-electron chi connectivity index (χ4n) is 2.50. The van der Waals surface area contributed by atoms with Gasteiger partial charge in [-0.1, -0.05) is 6.92 Å². The van der Waals surface area contributed by atoms with Crippen LogP contribution in [0.15, 0.2) is 4.47 Å². The maximum absolute atomic E-state index is 10.7. The van der Waals surface area contributed by atoms with Gasteiger partial charge in [-0.25, -0.2) is 0 Å². The Bertz CT molecular complexity index is 481. The summed E-state index contributed by atoms with van der Waals surface area (Å²) in [7, 11) is 1.97. The zero-order chi connectivity index (χ0) is 14.7. The third-order valence-corrected chi connectivity index (χ3v) is 4.62. The monoisotopic (exact) mass is 344 g/mol. The molecule has 112 valence electrons. The molecule has 7 heteroatoms. The molecule has 1 aromatic rings. The van der Waals surface area contributed by atoms with Crippen LogP contribution in [0.5, 0.6) is 0 Å². The van der Waals surface area contributed by atoms with Crippen molar-refractivity contribution in [2.24, 2.45) is 7.05 Å². The smallest absolute Gasteiger partial charge is 0.317 e. The van der Waals surface area contributed by atoms with Gasteiger partial charge in [-0.05, 0) is 22.4 Å². The molecule has 0 aromatic carbocycles. The van der Waals surface area contributed by atoms with E-state index >= 15 is 0 Å². The van der Waals surface area contributed by atoms with Gasteiger partial charge in [0, 0.05) is 39.8 Å². The maximum atomic E-state index is 10.7. The second kappa shape index (κ2) is 6.69. The van der Waals surface area contributed by atoms with E-state index in [1.165, 1.54) is 5.69 Å². The van der Waals surface area contributed by atoms with Crippen LogP contribution in [-0.4, -0.2) is 63.4 Å². The lowest BCUT2D eigenvalue weighted by atomic mass is 10.2. The van der Waals surface area contributed by atoms with Gasteiger partial charge in [-0.3, -0.25) is 19.3 Å². The van der Waals surface area contributed by atoms with E-state index in [0.29, 0.717) is 0 Å². The summed E-state index contributed by atoms with van der Waals surface area (Å²) < 4.78 is 3.04. The summed E-state index contributed by atoms with van der Waals surface area (Å²) in [6, 6.07) is 0. The van der Waals surface area contributed by atoms with E-state index in [1.807, 2.05) is 16.6 Å². The molecule has 20 heavy (non-hydrogen) atoms. The highest BCUT2D eigenvalue weighted by Gasteiger charge is 2.21. The molecule has 0 amide bonds. The predicted octanol–water partition coefficient (Wildman–Crippen LogP) is 0.947. The van der Waals surface area contributed by atoms with Gasteiger partial charge in [0.25, 0.3) is 0 Å². The molecule has 6 nitrogen and oxygen atoms in total. The summed E-state index contributed by atoms with van der Waals surface area (Å²) in [6.07, 6.45) is 0.917.